The fourth-order valence-corrected chi connectivity index (χ4v) is 2.29. The molecule has 0 aliphatic carbocycles. The highest BCUT2D eigenvalue weighted by Crippen LogP contribution is 2.24. The number of amides is 2. The SMILES string of the molecule is COc1cc(F)ccc1NC(=O)NC[C@H](O)CN1CCOCC1. The van der Waals surface area contributed by atoms with E-state index in [-0.39, 0.29) is 12.3 Å². The first kappa shape index (κ1) is 17.5. The van der Waals surface area contributed by atoms with Crippen LogP contribution in [0.25, 0.3) is 0 Å². The second kappa shape index (κ2) is 8.66. The number of β-amino-alcohol motifs (C(OH)–C–C–N with tert-alkyl or cyclic N) is 1. The van der Waals surface area contributed by atoms with Gasteiger partial charge in [0, 0.05) is 32.2 Å². The summed E-state index contributed by atoms with van der Waals surface area (Å²) in [7, 11) is 1.39. The van der Waals surface area contributed by atoms with Crippen molar-refractivity contribution in [1.82, 2.24) is 10.2 Å². The van der Waals surface area contributed by atoms with Gasteiger partial charge in [-0.25, -0.2) is 9.18 Å². The second-order valence-corrected chi connectivity index (χ2v) is 5.25. The first-order valence-electron chi connectivity index (χ1n) is 7.45. The minimum absolute atomic E-state index is 0.118. The third-order valence-corrected chi connectivity index (χ3v) is 3.48. The highest BCUT2D eigenvalue weighted by atomic mass is 19.1. The number of methoxy groups -OCH3 is 1. The van der Waals surface area contributed by atoms with Crippen molar-refractivity contribution < 1.29 is 23.8 Å². The van der Waals surface area contributed by atoms with E-state index in [9.17, 15) is 14.3 Å². The predicted octanol–water partition coefficient (Wildman–Crippen LogP) is 0.649. The Morgan fingerprint density at radius 1 is 1.48 bits per heavy atom. The van der Waals surface area contributed by atoms with Crippen LogP contribution in [0.4, 0.5) is 14.9 Å². The van der Waals surface area contributed by atoms with E-state index in [1.165, 1.54) is 25.3 Å². The van der Waals surface area contributed by atoms with Crippen LogP contribution in [0.2, 0.25) is 0 Å². The van der Waals surface area contributed by atoms with Crippen LogP contribution in [0.3, 0.4) is 0 Å². The number of aliphatic hydroxyl groups excluding tert-OH is 1. The number of nitrogens with zero attached hydrogens (tertiary/aromatic N) is 1. The number of aliphatic hydroxyl groups is 1. The molecule has 1 aliphatic heterocycles. The lowest BCUT2D eigenvalue weighted by atomic mass is 10.3. The molecule has 7 nitrogen and oxygen atoms in total. The zero-order chi connectivity index (χ0) is 16.7. The molecule has 1 atom stereocenters. The first-order valence-corrected chi connectivity index (χ1v) is 7.45. The fraction of sp³-hybridized carbons (Fsp3) is 0.533. The van der Waals surface area contributed by atoms with Gasteiger partial charge in [-0.2, -0.15) is 0 Å². The van der Waals surface area contributed by atoms with Gasteiger partial charge in [0.25, 0.3) is 0 Å². The molecule has 2 amide bonds. The standard InChI is InChI=1S/C15H22FN3O4/c1-22-14-8-11(16)2-3-13(14)18-15(21)17-9-12(20)10-19-4-6-23-7-5-19/h2-3,8,12,20H,4-7,9-10H2,1H3,(H2,17,18,21)/t12-/m0/s1. The number of carbonyl (C=O) groups excluding carboxylic acids is 1. The number of morpholine rings is 1. The Morgan fingerprint density at radius 3 is 2.91 bits per heavy atom. The quantitative estimate of drug-likeness (QED) is 0.715. The number of nitrogens with one attached hydrogen (secondary N) is 2. The molecule has 0 spiro atoms. The summed E-state index contributed by atoms with van der Waals surface area (Å²) in [5, 5.41) is 15.1. The highest BCUT2D eigenvalue weighted by Gasteiger charge is 2.16. The largest absolute Gasteiger partial charge is 0.494 e. The van der Waals surface area contributed by atoms with Crippen molar-refractivity contribution >= 4 is 11.7 Å². The Morgan fingerprint density at radius 2 is 2.22 bits per heavy atom. The van der Waals surface area contributed by atoms with Crippen molar-refractivity contribution in [2.24, 2.45) is 0 Å². The molecular formula is C15H22FN3O4. The van der Waals surface area contributed by atoms with Crippen LogP contribution in [0, 0.1) is 5.82 Å². The third kappa shape index (κ3) is 5.66. The fourth-order valence-electron chi connectivity index (χ4n) is 2.29. The normalized spacial score (nSPS) is 16.7. The maximum Gasteiger partial charge on any atom is 0.319 e. The Hall–Kier alpha value is -1.90. The van der Waals surface area contributed by atoms with Gasteiger partial charge >= 0.3 is 6.03 Å². The van der Waals surface area contributed by atoms with Gasteiger partial charge in [0.05, 0.1) is 32.1 Å². The number of anilines is 1. The van der Waals surface area contributed by atoms with Gasteiger partial charge in [-0.05, 0) is 12.1 Å². The van der Waals surface area contributed by atoms with Gasteiger partial charge in [-0.15, -0.1) is 0 Å². The smallest absolute Gasteiger partial charge is 0.319 e. The molecule has 8 heteroatoms. The molecule has 0 unspecified atom stereocenters. The van der Waals surface area contributed by atoms with Gasteiger partial charge < -0.3 is 25.2 Å². The van der Waals surface area contributed by atoms with Crippen molar-refractivity contribution in [2.75, 3.05) is 51.8 Å². The Labute approximate surface area is 134 Å². The molecule has 2 rings (SSSR count). The molecule has 1 saturated heterocycles. The molecule has 1 aromatic carbocycles. The molecular weight excluding hydrogens is 305 g/mol. The van der Waals surface area contributed by atoms with Crippen molar-refractivity contribution in [3.05, 3.63) is 24.0 Å². The summed E-state index contributed by atoms with van der Waals surface area (Å²) < 4.78 is 23.3. The minimum atomic E-state index is -0.672. The number of ether oxygens (including phenoxy) is 2. The summed E-state index contributed by atoms with van der Waals surface area (Å²) >= 11 is 0. The number of rotatable bonds is 6. The minimum Gasteiger partial charge on any atom is -0.494 e. The number of halogens is 1. The average molecular weight is 327 g/mol. The second-order valence-electron chi connectivity index (χ2n) is 5.25. The van der Waals surface area contributed by atoms with Crippen molar-refractivity contribution in [3.8, 4) is 5.75 Å². The summed E-state index contributed by atoms with van der Waals surface area (Å²) in [6.45, 7) is 3.46. The zero-order valence-electron chi connectivity index (χ0n) is 13.0. The van der Waals surface area contributed by atoms with Gasteiger partial charge in [-0.3, -0.25) is 4.90 Å². The van der Waals surface area contributed by atoms with Crippen molar-refractivity contribution in [3.63, 3.8) is 0 Å². The van der Waals surface area contributed by atoms with Gasteiger partial charge in [0.2, 0.25) is 0 Å². The van der Waals surface area contributed by atoms with Crippen LogP contribution in [-0.4, -0.2) is 68.6 Å². The molecule has 3 N–H and O–H groups in total. The Kier molecular flexibility index (Phi) is 6.57. The van der Waals surface area contributed by atoms with E-state index in [1.54, 1.807) is 0 Å². The summed E-state index contributed by atoms with van der Waals surface area (Å²) in [6, 6.07) is 3.34. The zero-order valence-corrected chi connectivity index (χ0v) is 13.0. The average Bonchev–Trinajstić information content (AvgIpc) is 2.55. The van der Waals surface area contributed by atoms with E-state index in [0.717, 1.165) is 13.1 Å². The van der Waals surface area contributed by atoms with Crippen LogP contribution in [0.5, 0.6) is 5.75 Å². The van der Waals surface area contributed by atoms with Gasteiger partial charge in [0.15, 0.2) is 0 Å². The number of benzene rings is 1. The van der Waals surface area contributed by atoms with E-state index in [4.69, 9.17) is 9.47 Å². The highest BCUT2D eigenvalue weighted by molar-refractivity contribution is 5.90. The molecule has 1 aromatic rings. The molecule has 0 aromatic heterocycles. The van der Waals surface area contributed by atoms with E-state index in [1.807, 2.05) is 0 Å². The summed E-state index contributed by atoms with van der Waals surface area (Å²) in [5.41, 5.74) is 0.356. The molecule has 0 radical (unpaired) electrons. The van der Waals surface area contributed by atoms with Crippen LogP contribution in [-0.2, 0) is 4.74 Å². The first-order chi connectivity index (χ1) is 11.1. The molecule has 1 fully saturated rings. The monoisotopic (exact) mass is 327 g/mol. The maximum absolute atomic E-state index is 13.1. The summed E-state index contributed by atoms with van der Waals surface area (Å²) in [4.78, 5) is 13.9. The van der Waals surface area contributed by atoms with E-state index < -0.39 is 18.0 Å². The topological polar surface area (TPSA) is 83.1 Å². The third-order valence-electron chi connectivity index (χ3n) is 3.48. The Balaban J connectivity index is 1.76. The molecule has 1 heterocycles. The van der Waals surface area contributed by atoms with Crippen molar-refractivity contribution in [2.45, 2.75) is 6.10 Å². The number of hydrogen-bond acceptors (Lipinski definition) is 5. The Bertz CT molecular complexity index is 523. The summed E-state index contributed by atoms with van der Waals surface area (Å²) in [5.74, 6) is -0.220. The van der Waals surface area contributed by atoms with Crippen LogP contribution in [0.1, 0.15) is 0 Å². The number of hydrogen-bond donors (Lipinski definition) is 3. The van der Waals surface area contributed by atoms with Crippen LogP contribution >= 0.6 is 0 Å². The molecule has 1 aliphatic rings. The molecule has 23 heavy (non-hydrogen) atoms. The van der Waals surface area contributed by atoms with Crippen LogP contribution in [0.15, 0.2) is 18.2 Å². The lowest BCUT2D eigenvalue weighted by Crippen LogP contribution is -2.45. The maximum atomic E-state index is 13.1. The lowest BCUT2D eigenvalue weighted by Gasteiger charge is -2.28. The van der Waals surface area contributed by atoms with E-state index >= 15 is 0 Å². The van der Waals surface area contributed by atoms with E-state index in [2.05, 4.69) is 15.5 Å². The van der Waals surface area contributed by atoms with Gasteiger partial charge in [0.1, 0.15) is 11.6 Å². The van der Waals surface area contributed by atoms with Crippen LogP contribution < -0.4 is 15.4 Å². The molecule has 0 saturated carbocycles. The number of carbonyl (C=O) groups is 1. The van der Waals surface area contributed by atoms with E-state index in [0.29, 0.717) is 25.4 Å². The number of urea groups is 1. The lowest BCUT2D eigenvalue weighted by molar-refractivity contribution is 0.0154. The predicted molar refractivity (Wildman–Crippen MR) is 83.2 cm³/mol. The van der Waals surface area contributed by atoms with Gasteiger partial charge in [-0.1, -0.05) is 0 Å². The molecule has 0 bridgehead atoms. The summed E-state index contributed by atoms with van der Waals surface area (Å²) in [6.07, 6.45) is -0.672. The molecule has 128 valence electrons. The van der Waals surface area contributed by atoms with Crippen molar-refractivity contribution in [1.29, 1.82) is 0 Å².